The Hall–Kier alpha value is -2.99. The molecule has 232 valence electrons. The molecule has 2 aliphatic rings. The molecule has 0 aromatic heterocycles. The summed E-state index contributed by atoms with van der Waals surface area (Å²) in [5.41, 5.74) is 0. The predicted octanol–water partition coefficient (Wildman–Crippen LogP) is -1.03. The summed E-state index contributed by atoms with van der Waals surface area (Å²) >= 11 is 4.14. The fraction of sp³-hybridized carbons (Fsp3) is 0.750. The number of carbonyl (C=O) groups is 6. The summed E-state index contributed by atoms with van der Waals surface area (Å²) in [6, 6.07) is 0. The molecular weight excluding hydrogens is 576 g/mol. The van der Waals surface area contributed by atoms with Crippen molar-refractivity contribution in [1.29, 1.82) is 0 Å². The first-order valence-electron chi connectivity index (χ1n) is 12.4. The highest BCUT2D eigenvalue weighted by Gasteiger charge is 2.56. The maximum absolute atomic E-state index is 12.1. The second kappa shape index (κ2) is 15.3. The van der Waals surface area contributed by atoms with E-state index in [2.05, 4.69) is 12.6 Å². The highest BCUT2D eigenvalue weighted by molar-refractivity contribution is 7.80. The van der Waals surface area contributed by atoms with E-state index in [-0.39, 0.29) is 5.75 Å². The first-order chi connectivity index (χ1) is 19.1. The van der Waals surface area contributed by atoms with E-state index in [1.165, 1.54) is 0 Å². The summed E-state index contributed by atoms with van der Waals surface area (Å²) in [6.45, 7) is 5.85. The van der Waals surface area contributed by atoms with Gasteiger partial charge in [0.1, 0.15) is 18.8 Å². The van der Waals surface area contributed by atoms with Crippen LogP contribution in [-0.2, 0) is 71.4 Å². The summed E-state index contributed by atoms with van der Waals surface area (Å²) in [4.78, 5) is 71.3. The second-order valence-electron chi connectivity index (χ2n) is 9.07. The van der Waals surface area contributed by atoms with E-state index in [4.69, 9.17) is 42.6 Å². The Bertz CT molecular complexity index is 987. The average Bonchev–Trinajstić information content (AvgIpc) is 2.83. The van der Waals surface area contributed by atoms with Crippen LogP contribution in [0.15, 0.2) is 0 Å². The highest BCUT2D eigenvalue weighted by Crippen LogP contribution is 2.34. The van der Waals surface area contributed by atoms with Crippen molar-refractivity contribution in [2.24, 2.45) is 0 Å². The van der Waals surface area contributed by atoms with Crippen LogP contribution in [0.2, 0.25) is 0 Å². The van der Waals surface area contributed by atoms with Crippen LogP contribution in [0.1, 0.15) is 41.5 Å². The van der Waals surface area contributed by atoms with E-state index in [1.807, 2.05) is 0 Å². The number of rotatable bonds is 10. The zero-order valence-electron chi connectivity index (χ0n) is 23.2. The Morgan fingerprint density at radius 1 is 0.585 bits per heavy atom. The van der Waals surface area contributed by atoms with Gasteiger partial charge in [-0.25, -0.2) is 0 Å². The standard InChI is InChI=1S/C24H34O16S/c1-9(25)32-7-15-18(33-10(2)26)20(35-12(4)28)22(37-14(6)30)24(38-15)40-23-21(36-13(5)29)19(34-11(3)27)17(31)16(8-41)39-23/h15-24,31,41H,7-8H2,1-6H3/t15-,16-,17-,18-,19+,20+,21-,22-,23-,24-/m1/s1. The van der Waals surface area contributed by atoms with Gasteiger partial charge in [0, 0.05) is 47.3 Å². The topological polar surface area (TPSA) is 206 Å². The van der Waals surface area contributed by atoms with Crippen LogP contribution in [0, 0.1) is 0 Å². The molecule has 2 heterocycles. The first kappa shape index (κ1) is 34.2. The highest BCUT2D eigenvalue weighted by atomic mass is 32.1. The number of carbonyl (C=O) groups excluding carboxylic acids is 6. The number of aliphatic hydroxyl groups is 1. The van der Waals surface area contributed by atoms with Crippen LogP contribution in [0.4, 0.5) is 0 Å². The lowest BCUT2D eigenvalue weighted by Gasteiger charge is -2.47. The lowest BCUT2D eigenvalue weighted by molar-refractivity contribution is -0.374. The van der Waals surface area contributed by atoms with Crippen molar-refractivity contribution in [1.82, 2.24) is 0 Å². The molecule has 0 aromatic carbocycles. The molecule has 0 unspecified atom stereocenters. The van der Waals surface area contributed by atoms with Crippen LogP contribution < -0.4 is 0 Å². The first-order valence-corrected chi connectivity index (χ1v) is 13.0. The smallest absolute Gasteiger partial charge is 0.303 e. The largest absolute Gasteiger partial charge is 0.463 e. The Balaban J connectivity index is 2.57. The van der Waals surface area contributed by atoms with Gasteiger partial charge in [-0.2, -0.15) is 12.6 Å². The van der Waals surface area contributed by atoms with Gasteiger partial charge in [0.25, 0.3) is 0 Å². The molecule has 2 fully saturated rings. The van der Waals surface area contributed by atoms with Gasteiger partial charge in [-0.05, 0) is 0 Å². The van der Waals surface area contributed by atoms with Crippen molar-refractivity contribution in [3.63, 3.8) is 0 Å². The maximum Gasteiger partial charge on any atom is 0.303 e. The van der Waals surface area contributed by atoms with E-state index < -0.39 is 104 Å². The minimum absolute atomic E-state index is 0.107. The summed E-state index contributed by atoms with van der Waals surface area (Å²) in [5.74, 6) is -5.09. The van der Waals surface area contributed by atoms with Gasteiger partial charge in [-0.3, -0.25) is 28.8 Å². The summed E-state index contributed by atoms with van der Waals surface area (Å²) in [7, 11) is 0. The van der Waals surface area contributed by atoms with Gasteiger partial charge in [0.05, 0.1) is 6.10 Å². The van der Waals surface area contributed by atoms with Crippen molar-refractivity contribution < 1.29 is 76.5 Å². The van der Waals surface area contributed by atoms with Crippen molar-refractivity contribution in [3.05, 3.63) is 0 Å². The summed E-state index contributed by atoms with van der Waals surface area (Å²) in [6.07, 6.45) is -15.0. The Morgan fingerprint density at radius 3 is 1.41 bits per heavy atom. The Labute approximate surface area is 240 Å². The molecule has 2 aliphatic heterocycles. The zero-order chi connectivity index (χ0) is 31.0. The van der Waals surface area contributed by atoms with Crippen molar-refractivity contribution in [2.45, 2.75) is 103 Å². The number of esters is 6. The minimum atomic E-state index is -1.72. The molecule has 0 amide bonds. The van der Waals surface area contributed by atoms with Gasteiger partial charge >= 0.3 is 35.8 Å². The average molecular weight is 611 g/mol. The van der Waals surface area contributed by atoms with Gasteiger partial charge in [0.2, 0.25) is 12.6 Å². The molecule has 2 rings (SSSR count). The summed E-state index contributed by atoms with van der Waals surface area (Å²) in [5, 5.41) is 10.7. The molecule has 10 atom stereocenters. The lowest BCUT2D eigenvalue weighted by atomic mass is 9.97. The molecule has 17 heteroatoms. The zero-order valence-corrected chi connectivity index (χ0v) is 24.1. The maximum atomic E-state index is 12.1. The van der Waals surface area contributed by atoms with Crippen LogP contribution in [0.3, 0.4) is 0 Å². The van der Waals surface area contributed by atoms with Gasteiger partial charge in [-0.15, -0.1) is 0 Å². The van der Waals surface area contributed by atoms with Gasteiger partial charge in [-0.1, -0.05) is 0 Å². The number of aliphatic hydroxyl groups excluding tert-OH is 1. The molecular formula is C24H34O16S. The fourth-order valence-electron chi connectivity index (χ4n) is 4.22. The Kier molecular flexibility index (Phi) is 12.8. The number of hydrogen-bond donors (Lipinski definition) is 2. The second-order valence-corrected chi connectivity index (χ2v) is 9.43. The number of hydrogen-bond acceptors (Lipinski definition) is 17. The van der Waals surface area contributed by atoms with E-state index in [9.17, 15) is 33.9 Å². The van der Waals surface area contributed by atoms with Gasteiger partial charge in [0.15, 0.2) is 30.5 Å². The van der Waals surface area contributed by atoms with Crippen molar-refractivity contribution >= 4 is 48.4 Å². The van der Waals surface area contributed by atoms with Gasteiger partial charge < -0.3 is 47.7 Å². The summed E-state index contributed by atoms with van der Waals surface area (Å²) < 4.78 is 49.1. The van der Waals surface area contributed by atoms with E-state index in [0.29, 0.717) is 0 Å². The third-order valence-corrected chi connectivity index (χ3v) is 5.98. The molecule has 2 saturated heterocycles. The van der Waals surface area contributed by atoms with Crippen molar-refractivity contribution in [3.8, 4) is 0 Å². The molecule has 0 bridgehead atoms. The third-order valence-electron chi connectivity index (χ3n) is 5.62. The quantitative estimate of drug-likeness (QED) is 0.172. The SMILES string of the molecule is CC(=O)OC[C@H]1O[C@H](O[C@H]2O[C@H](CS)[C@@H](O)[C@H](OC(C)=O)[C@H]2OC(C)=O)[C@H](OC(C)=O)[C@@H](OC(C)=O)[C@@H]1OC(C)=O. The molecule has 0 spiro atoms. The fourth-order valence-corrected chi connectivity index (χ4v) is 4.53. The lowest BCUT2D eigenvalue weighted by Crippen LogP contribution is -2.66. The normalized spacial score (nSPS) is 33.1. The predicted molar refractivity (Wildman–Crippen MR) is 133 cm³/mol. The third kappa shape index (κ3) is 9.81. The van der Waals surface area contributed by atoms with Crippen LogP contribution in [-0.4, -0.2) is 115 Å². The Morgan fingerprint density at radius 2 is 0.976 bits per heavy atom. The monoisotopic (exact) mass is 610 g/mol. The van der Waals surface area contributed by atoms with E-state index in [1.54, 1.807) is 0 Å². The molecule has 0 aliphatic carbocycles. The molecule has 1 N–H and O–H groups in total. The van der Waals surface area contributed by atoms with Crippen LogP contribution in [0.5, 0.6) is 0 Å². The van der Waals surface area contributed by atoms with Crippen LogP contribution in [0.25, 0.3) is 0 Å². The van der Waals surface area contributed by atoms with Crippen molar-refractivity contribution in [2.75, 3.05) is 12.4 Å². The molecule has 0 saturated carbocycles. The van der Waals surface area contributed by atoms with E-state index in [0.717, 1.165) is 41.5 Å². The molecule has 41 heavy (non-hydrogen) atoms. The minimum Gasteiger partial charge on any atom is -0.463 e. The molecule has 0 aromatic rings. The number of thiol groups is 1. The number of ether oxygens (including phenoxy) is 9. The molecule has 0 radical (unpaired) electrons. The van der Waals surface area contributed by atoms with Crippen LogP contribution >= 0.6 is 12.6 Å². The van der Waals surface area contributed by atoms with E-state index >= 15 is 0 Å². The molecule has 16 nitrogen and oxygen atoms in total.